The van der Waals surface area contributed by atoms with Gasteiger partial charge in [0.1, 0.15) is 0 Å². The third kappa shape index (κ3) is 4.42. The van der Waals surface area contributed by atoms with E-state index in [9.17, 15) is 0 Å². The number of aliphatic hydroxyl groups is 1. The van der Waals surface area contributed by atoms with E-state index in [1.165, 1.54) is 12.8 Å². The van der Waals surface area contributed by atoms with E-state index in [4.69, 9.17) is 14.6 Å². The number of aliphatic hydroxyl groups excluding tert-OH is 1. The Morgan fingerprint density at radius 3 is 2.95 bits per heavy atom. The second-order valence-electron chi connectivity index (χ2n) is 6.10. The maximum atomic E-state index is 9.10. The van der Waals surface area contributed by atoms with Crippen LogP contribution in [0, 0.1) is 5.92 Å². The van der Waals surface area contributed by atoms with E-state index < -0.39 is 0 Å². The second-order valence-corrected chi connectivity index (χ2v) is 6.10. The van der Waals surface area contributed by atoms with Crippen LogP contribution in [0.15, 0.2) is 0 Å². The largest absolute Gasteiger partial charge is 0.396 e. The first kappa shape index (κ1) is 15.2. The first-order valence-corrected chi connectivity index (χ1v) is 7.84. The molecule has 0 amide bonds. The van der Waals surface area contributed by atoms with E-state index in [2.05, 4.69) is 12.2 Å². The molecular weight excluding hydrogens is 242 g/mol. The van der Waals surface area contributed by atoms with Crippen LogP contribution in [0.2, 0.25) is 0 Å². The molecule has 2 heterocycles. The molecule has 2 fully saturated rings. The Morgan fingerprint density at radius 2 is 2.26 bits per heavy atom. The smallest absolute Gasteiger partial charge is 0.0951 e. The van der Waals surface area contributed by atoms with Gasteiger partial charge in [-0.15, -0.1) is 0 Å². The lowest BCUT2D eigenvalue weighted by Crippen LogP contribution is -2.48. The Labute approximate surface area is 116 Å². The minimum absolute atomic E-state index is 0.00680. The van der Waals surface area contributed by atoms with Crippen molar-refractivity contribution < 1.29 is 14.6 Å². The molecule has 0 aromatic heterocycles. The normalized spacial score (nSPS) is 32.8. The molecule has 0 bridgehead atoms. The number of rotatable bonds is 7. The van der Waals surface area contributed by atoms with E-state index in [1.54, 1.807) is 0 Å². The molecule has 112 valence electrons. The third-order valence-corrected chi connectivity index (χ3v) is 4.49. The lowest BCUT2D eigenvalue weighted by atomic mass is 9.89. The summed E-state index contributed by atoms with van der Waals surface area (Å²) in [6, 6.07) is 0.550. The quantitative estimate of drug-likeness (QED) is 0.740. The predicted octanol–water partition coefficient (Wildman–Crippen LogP) is 1.71. The summed E-state index contributed by atoms with van der Waals surface area (Å²) in [5.41, 5.74) is -0.00680. The van der Waals surface area contributed by atoms with Gasteiger partial charge in [0.05, 0.1) is 12.2 Å². The van der Waals surface area contributed by atoms with Crippen molar-refractivity contribution in [2.75, 3.05) is 33.0 Å². The Balaban J connectivity index is 1.75. The van der Waals surface area contributed by atoms with Gasteiger partial charge < -0.3 is 19.9 Å². The Hall–Kier alpha value is -0.160. The van der Waals surface area contributed by atoms with Crippen LogP contribution in [0.3, 0.4) is 0 Å². The fourth-order valence-corrected chi connectivity index (χ4v) is 3.34. The average molecular weight is 271 g/mol. The van der Waals surface area contributed by atoms with Crippen LogP contribution >= 0.6 is 0 Å². The molecule has 19 heavy (non-hydrogen) atoms. The van der Waals surface area contributed by atoms with Crippen LogP contribution in [0.25, 0.3) is 0 Å². The molecule has 2 saturated heterocycles. The van der Waals surface area contributed by atoms with E-state index in [0.29, 0.717) is 18.6 Å². The van der Waals surface area contributed by atoms with Crippen LogP contribution in [0.4, 0.5) is 0 Å². The Bertz CT molecular complexity index is 248. The van der Waals surface area contributed by atoms with Crippen molar-refractivity contribution in [2.24, 2.45) is 5.92 Å². The van der Waals surface area contributed by atoms with E-state index in [0.717, 1.165) is 52.0 Å². The molecule has 0 aliphatic carbocycles. The maximum absolute atomic E-state index is 9.10. The van der Waals surface area contributed by atoms with Crippen molar-refractivity contribution in [3.8, 4) is 0 Å². The van der Waals surface area contributed by atoms with Crippen molar-refractivity contribution in [1.29, 1.82) is 0 Å². The standard InChI is InChI=1S/C15H29NO3/c1-2-3-13(4-7-17)11-16-14-5-8-19-15(10-14)6-9-18-12-15/h13-14,16-17H,2-12H2,1H3. The van der Waals surface area contributed by atoms with Gasteiger partial charge in [-0.05, 0) is 38.1 Å². The molecule has 3 unspecified atom stereocenters. The number of hydrogen-bond donors (Lipinski definition) is 2. The Kier molecular flexibility index (Phi) is 6.07. The SMILES string of the molecule is CCCC(CCO)CNC1CCOC2(CCOC2)C1. The lowest BCUT2D eigenvalue weighted by molar-refractivity contribution is -0.0896. The molecule has 4 heteroatoms. The van der Waals surface area contributed by atoms with Crippen molar-refractivity contribution in [2.45, 2.75) is 57.1 Å². The zero-order valence-corrected chi connectivity index (χ0v) is 12.2. The zero-order valence-electron chi connectivity index (χ0n) is 12.2. The van der Waals surface area contributed by atoms with Crippen molar-refractivity contribution in [3.05, 3.63) is 0 Å². The molecule has 1 spiro atoms. The molecule has 0 aromatic carbocycles. The summed E-state index contributed by atoms with van der Waals surface area (Å²) in [4.78, 5) is 0. The van der Waals surface area contributed by atoms with Crippen molar-refractivity contribution >= 4 is 0 Å². The summed E-state index contributed by atoms with van der Waals surface area (Å²) in [5.74, 6) is 0.605. The minimum atomic E-state index is -0.00680. The van der Waals surface area contributed by atoms with Crippen LogP contribution in [0.5, 0.6) is 0 Å². The molecule has 0 aromatic rings. The first-order valence-electron chi connectivity index (χ1n) is 7.84. The van der Waals surface area contributed by atoms with Crippen LogP contribution < -0.4 is 5.32 Å². The highest BCUT2D eigenvalue weighted by molar-refractivity contribution is 4.92. The van der Waals surface area contributed by atoms with Crippen LogP contribution in [0.1, 0.15) is 45.4 Å². The maximum Gasteiger partial charge on any atom is 0.0951 e. The highest BCUT2D eigenvalue weighted by atomic mass is 16.6. The highest BCUT2D eigenvalue weighted by Gasteiger charge is 2.40. The van der Waals surface area contributed by atoms with Crippen molar-refractivity contribution in [3.63, 3.8) is 0 Å². The van der Waals surface area contributed by atoms with Crippen molar-refractivity contribution in [1.82, 2.24) is 5.32 Å². The molecule has 0 saturated carbocycles. The molecule has 3 atom stereocenters. The van der Waals surface area contributed by atoms with Gasteiger partial charge in [0.15, 0.2) is 0 Å². The fourth-order valence-electron chi connectivity index (χ4n) is 3.34. The number of hydrogen-bond acceptors (Lipinski definition) is 4. The number of nitrogens with one attached hydrogen (secondary N) is 1. The van der Waals surface area contributed by atoms with E-state index in [-0.39, 0.29) is 5.60 Å². The van der Waals surface area contributed by atoms with Gasteiger partial charge in [-0.25, -0.2) is 0 Å². The summed E-state index contributed by atoms with van der Waals surface area (Å²) in [6.07, 6.45) is 6.52. The topological polar surface area (TPSA) is 50.7 Å². The molecule has 2 rings (SSSR count). The molecule has 2 aliphatic rings. The summed E-state index contributed by atoms with van der Waals surface area (Å²) >= 11 is 0. The van der Waals surface area contributed by atoms with Gasteiger partial charge in [0.2, 0.25) is 0 Å². The summed E-state index contributed by atoms with van der Waals surface area (Å²) in [6.45, 7) is 5.99. The lowest BCUT2D eigenvalue weighted by Gasteiger charge is -2.38. The average Bonchev–Trinajstić information content (AvgIpc) is 2.85. The molecule has 4 nitrogen and oxygen atoms in total. The minimum Gasteiger partial charge on any atom is -0.396 e. The van der Waals surface area contributed by atoms with Crippen LogP contribution in [-0.4, -0.2) is 49.7 Å². The Morgan fingerprint density at radius 1 is 1.37 bits per heavy atom. The molecule has 0 radical (unpaired) electrons. The molecular formula is C15H29NO3. The zero-order chi connectivity index (χ0) is 13.6. The van der Waals surface area contributed by atoms with E-state index in [1.807, 2.05) is 0 Å². The van der Waals surface area contributed by atoms with Gasteiger partial charge in [-0.2, -0.15) is 0 Å². The van der Waals surface area contributed by atoms with E-state index >= 15 is 0 Å². The van der Waals surface area contributed by atoms with Gasteiger partial charge in [0, 0.05) is 32.3 Å². The summed E-state index contributed by atoms with van der Waals surface area (Å²) in [5, 5.41) is 12.8. The van der Waals surface area contributed by atoms with Gasteiger partial charge in [0.25, 0.3) is 0 Å². The summed E-state index contributed by atoms with van der Waals surface area (Å²) < 4.78 is 11.5. The highest BCUT2D eigenvalue weighted by Crippen LogP contribution is 2.32. The molecule has 2 N–H and O–H groups in total. The van der Waals surface area contributed by atoms with Crippen LogP contribution in [-0.2, 0) is 9.47 Å². The first-order chi connectivity index (χ1) is 9.28. The third-order valence-electron chi connectivity index (χ3n) is 4.49. The van der Waals surface area contributed by atoms with Gasteiger partial charge in [-0.1, -0.05) is 13.3 Å². The van der Waals surface area contributed by atoms with Gasteiger partial charge >= 0.3 is 0 Å². The molecule has 2 aliphatic heterocycles. The second kappa shape index (κ2) is 7.58. The fraction of sp³-hybridized carbons (Fsp3) is 1.00. The number of ether oxygens (including phenoxy) is 2. The predicted molar refractivity (Wildman–Crippen MR) is 75.2 cm³/mol. The van der Waals surface area contributed by atoms with Gasteiger partial charge in [-0.3, -0.25) is 0 Å². The summed E-state index contributed by atoms with van der Waals surface area (Å²) in [7, 11) is 0. The monoisotopic (exact) mass is 271 g/mol.